The second-order valence-electron chi connectivity index (χ2n) is 7.01. The first-order valence-electron chi connectivity index (χ1n) is 9.96. The molecule has 1 aliphatic rings. The van der Waals surface area contributed by atoms with Gasteiger partial charge in [0.05, 0.1) is 24.8 Å². The number of thioether (sulfide) groups is 1. The molecule has 0 aromatic heterocycles. The minimum Gasteiger partial charge on any atom is -0.497 e. The van der Waals surface area contributed by atoms with Gasteiger partial charge >= 0.3 is 0 Å². The van der Waals surface area contributed by atoms with Gasteiger partial charge in [0.2, 0.25) is 0 Å². The Morgan fingerprint density at radius 1 is 1.00 bits per heavy atom. The summed E-state index contributed by atoms with van der Waals surface area (Å²) in [5.74, 6) is 1.10. The topological polar surface area (TPSA) is 48.0 Å². The molecule has 8 heteroatoms. The highest BCUT2D eigenvalue weighted by molar-refractivity contribution is 8.27. The van der Waals surface area contributed by atoms with E-state index in [1.54, 1.807) is 67.8 Å². The number of carbonyl (C=O) groups excluding carboxylic acids is 1. The Labute approximate surface area is 200 Å². The minimum absolute atomic E-state index is 0.0477. The normalized spacial score (nSPS) is 14.6. The lowest BCUT2D eigenvalue weighted by Gasteiger charge is -2.14. The van der Waals surface area contributed by atoms with E-state index in [0.29, 0.717) is 37.7 Å². The zero-order chi connectivity index (χ0) is 23.4. The summed E-state index contributed by atoms with van der Waals surface area (Å²) in [7, 11) is 3.12. The van der Waals surface area contributed by atoms with Crippen molar-refractivity contribution in [2.45, 2.75) is 6.61 Å². The maximum atomic E-state index is 13.9. The molecule has 0 saturated carbocycles. The predicted octanol–water partition coefficient (Wildman–Crippen LogP) is 5.83. The summed E-state index contributed by atoms with van der Waals surface area (Å²) in [5, 5.41) is 0. The van der Waals surface area contributed by atoms with Crippen LogP contribution >= 0.6 is 24.0 Å². The third kappa shape index (κ3) is 5.02. The summed E-state index contributed by atoms with van der Waals surface area (Å²) in [5.41, 5.74) is 1.84. The van der Waals surface area contributed by atoms with E-state index in [0.717, 1.165) is 5.56 Å². The SMILES string of the molecule is COc1ccc(N2C(=O)/C(=C\c3ccc(OC)c(OCc4ccccc4F)c3)SC2=S)cc1. The van der Waals surface area contributed by atoms with Gasteiger partial charge in [-0.3, -0.25) is 9.69 Å². The lowest BCUT2D eigenvalue weighted by Crippen LogP contribution is -2.27. The minimum atomic E-state index is -0.338. The molecule has 3 aromatic rings. The summed E-state index contributed by atoms with van der Waals surface area (Å²) in [6.07, 6.45) is 1.75. The van der Waals surface area contributed by atoms with Gasteiger partial charge < -0.3 is 14.2 Å². The third-order valence-electron chi connectivity index (χ3n) is 4.95. The van der Waals surface area contributed by atoms with E-state index in [1.807, 2.05) is 6.07 Å². The Morgan fingerprint density at radius 2 is 1.76 bits per heavy atom. The van der Waals surface area contributed by atoms with Crippen LogP contribution in [0.4, 0.5) is 10.1 Å². The van der Waals surface area contributed by atoms with Crippen molar-refractivity contribution in [3.8, 4) is 17.2 Å². The fraction of sp³-hybridized carbons (Fsp3) is 0.120. The maximum absolute atomic E-state index is 13.9. The van der Waals surface area contributed by atoms with E-state index in [4.69, 9.17) is 26.4 Å². The lowest BCUT2D eigenvalue weighted by molar-refractivity contribution is -0.113. The molecular formula is C25H20FNO4S2. The molecule has 0 spiro atoms. The van der Waals surface area contributed by atoms with Crippen molar-refractivity contribution in [1.29, 1.82) is 0 Å². The van der Waals surface area contributed by atoms with Gasteiger partial charge in [-0.2, -0.15) is 0 Å². The van der Waals surface area contributed by atoms with Crippen molar-refractivity contribution in [2.75, 3.05) is 19.1 Å². The van der Waals surface area contributed by atoms with Crippen LogP contribution in [-0.4, -0.2) is 24.4 Å². The van der Waals surface area contributed by atoms with Crippen LogP contribution in [0.3, 0.4) is 0 Å². The first-order chi connectivity index (χ1) is 16.0. The smallest absolute Gasteiger partial charge is 0.270 e. The average Bonchev–Trinajstić information content (AvgIpc) is 3.11. The number of anilines is 1. The highest BCUT2D eigenvalue weighted by Gasteiger charge is 2.33. The Balaban J connectivity index is 1.56. The van der Waals surface area contributed by atoms with Crippen LogP contribution in [0.25, 0.3) is 6.08 Å². The number of nitrogens with zero attached hydrogens (tertiary/aromatic N) is 1. The average molecular weight is 482 g/mol. The van der Waals surface area contributed by atoms with Gasteiger partial charge in [-0.15, -0.1) is 0 Å². The van der Waals surface area contributed by atoms with Crippen LogP contribution in [0.2, 0.25) is 0 Å². The van der Waals surface area contributed by atoms with Gasteiger partial charge in [0.25, 0.3) is 5.91 Å². The van der Waals surface area contributed by atoms with E-state index in [1.165, 1.54) is 29.8 Å². The van der Waals surface area contributed by atoms with Crippen LogP contribution in [-0.2, 0) is 11.4 Å². The molecule has 33 heavy (non-hydrogen) atoms. The summed E-state index contributed by atoms with van der Waals surface area (Å²) >= 11 is 6.67. The van der Waals surface area contributed by atoms with E-state index >= 15 is 0 Å². The molecule has 4 rings (SSSR count). The second kappa shape index (κ2) is 10.1. The Hall–Kier alpha value is -3.36. The number of halogens is 1. The number of carbonyl (C=O) groups is 1. The molecule has 0 radical (unpaired) electrons. The molecule has 5 nitrogen and oxygen atoms in total. The molecule has 1 heterocycles. The van der Waals surface area contributed by atoms with Gasteiger partial charge in [0.15, 0.2) is 15.8 Å². The van der Waals surface area contributed by atoms with Crippen LogP contribution in [0.15, 0.2) is 71.6 Å². The van der Waals surface area contributed by atoms with Gasteiger partial charge in [-0.25, -0.2) is 4.39 Å². The molecule has 1 aliphatic heterocycles. The molecule has 0 aliphatic carbocycles. The number of rotatable bonds is 7. The number of amides is 1. The Kier molecular flexibility index (Phi) is 6.96. The predicted molar refractivity (Wildman–Crippen MR) is 132 cm³/mol. The van der Waals surface area contributed by atoms with Crippen molar-refractivity contribution in [3.63, 3.8) is 0 Å². The highest BCUT2D eigenvalue weighted by Crippen LogP contribution is 2.37. The van der Waals surface area contributed by atoms with Crippen molar-refractivity contribution in [1.82, 2.24) is 0 Å². The van der Waals surface area contributed by atoms with Crippen molar-refractivity contribution in [3.05, 3.63) is 88.6 Å². The summed E-state index contributed by atoms with van der Waals surface area (Å²) in [6, 6.07) is 18.9. The molecular weight excluding hydrogens is 461 g/mol. The first-order valence-corrected chi connectivity index (χ1v) is 11.2. The van der Waals surface area contributed by atoms with Gasteiger partial charge in [0.1, 0.15) is 18.2 Å². The number of ether oxygens (including phenoxy) is 3. The number of benzene rings is 3. The van der Waals surface area contributed by atoms with E-state index in [-0.39, 0.29) is 18.3 Å². The van der Waals surface area contributed by atoms with Crippen LogP contribution in [0, 0.1) is 5.82 Å². The number of thiocarbonyl (C=S) groups is 1. The quantitative estimate of drug-likeness (QED) is 0.313. The molecule has 0 atom stereocenters. The molecule has 0 N–H and O–H groups in total. The summed E-state index contributed by atoms with van der Waals surface area (Å²) < 4.78 is 30.8. The van der Waals surface area contributed by atoms with Crippen molar-refractivity contribution >= 4 is 46.0 Å². The monoisotopic (exact) mass is 481 g/mol. The molecule has 0 unspecified atom stereocenters. The number of hydrogen-bond acceptors (Lipinski definition) is 6. The molecule has 168 valence electrons. The van der Waals surface area contributed by atoms with E-state index in [2.05, 4.69) is 0 Å². The zero-order valence-corrected chi connectivity index (χ0v) is 19.5. The van der Waals surface area contributed by atoms with E-state index < -0.39 is 0 Å². The largest absolute Gasteiger partial charge is 0.497 e. The van der Waals surface area contributed by atoms with E-state index in [9.17, 15) is 9.18 Å². The van der Waals surface area contributed by atoms with Gasteiger partial charge in [-0.05, 0) is 54.1 Å². The summed E-state index contributed by atoms with van der Waals surface area (Å²) in [6.45, 7) is 0.0477. The van der Waals surface area contributed by atoms with Crippen LogP contribution in [0.5, 0.6) is 17.2 Å². The Morgan fingerprint density at radius 3 is 2.45 bits per heavy atom. The molecule has 1 fully saturated rings. The molecule has 1 amide bonds. The van der Waals surface area contributed by atoms with Gasteiger partial charge in [0, 0.05) is 5.56 Å². The first kappa shape index (κ1) is 22.8. The fourth-order valence-corrected chi connectivity index (χ4v) is 4.54. The lowest BCUT2D eigenvalue weighted by atomic mass is 10.1. The second-order valence-corrected chi connectivity index (χ2v) is 8.68. The molecule has 1 saturated heterocycles. The number of hydrogen-bond donors (Lipinski definition) is 0. The standard InChI is InChI=1S/C25H20FNO4S2/c1-29-19-10-8-18(9-11-19)27-24(28)23(33-25(27)32)14-16-7-12-21(30-2)22(13-16)31-15-17-5-3-4-6-20(17)26/h3-14H,15H2,1-2H3/b23-14+. The molecule has 0 bridgehead atoms. The van der Waals surface area contributed by atoms with Crippen LogP contribution in [0.1, 0.15) is 11.1 Å². The summed E-state index contributed by atoms with van der Waals surface area (Å²) in [4.78, 5) is 15.0. The zero-order valence-electron chi connectivity index (χ0n) is 17.9. The number of methoxy groups -OCH3 is 2. The highest BCUT2D eigenvalue weighted by atomic mass is 32.2. The Bertz CT molecular complexity index is 1230. The third-order valence-corrected chi connectivity index (χ3v) is 6.25. The molecule has 3 aromatic carbocycles. The van der Waals surface area contributed by atoms with Gasteiger partial charge in [-0.1, -0.05) is 48.2 Å². The van der Waals surface area contributed by atoms with Crippen LogP contribution < -0.4 is 19.1 Å². The van der Waals surface area contributed by atoms with Crippen molar-refractivity contribution in [2.24, 2.45) is 0 Å². The fourth-order valence-electron chi connectivity index (χ4n) is 3.24. The van der Waals surface area contributed by atoms with Crippen molar-refractivity contribution < 1.29 is 23.4 Å². The maximum Gasteiger partial charge on any atom is 0.270 e.